The minimum absolute atomic E-state index is 0.126. The second-order valence-corrected chi connectivity index (χ2v) is 5.23. The molecule has 0 saturated carbocycles. The third-order valence-electron chi connectivity index (χ3n) is 3.46. The Kier molecular flexibility index (Phi) is 3.37. The minimum Gasteiger partial charge on any atom is -0.348 e. The standard InChI is InChI=1S/C14H19NO2/c1-10-6-4-5-7-11(10)12(8-15)13-9-16-14(2,3)17-13/h4-7,10-13H,9H2,1-3H3. The average Bonchev–Trinajstić information content (AvgIpc) is 2.63. The molecule has 2 aliphatic rings. The first-order chi connectivity index (χ1) is 8.03. The summed E-state index contributed by atoms with van der Waals surface area (Å²) in [6.45, 7) is 6.42. The Hall–Kier alpha value is -1.11. The van der Waals surface area contributed by atoms with Crippen molar-refractivity contribution in [2.45, 2.75) is 32.7 Å². The number of allylic oxidation sites excluding steroid dienone is 4. The van der Waals surface area contributed by atoms with Gasteiger partial charge in [0.1, 0.15) is 6.10 Å². The molecule has 0 radical (unpaired) electrons. The lowest BCUT2D eigenvalue weighted by Gasteiger charge is -2.28. The van der Waals surface area contributed by atoms with Crippen LogP contribution in [0.3, 0.4) is 0 Å². The fourth-order valence-corrected chi connectivity index (χ4v) is 2.49. The highest BCUT2D eigenvalue weighted by molar-refractivity contribution is 5.17. The molecular weight excluding hydrogens is 214 g/mol. The van der Waals surface area contributed by atoms with Crippen molar-refractivity contribution in [1.82, 2.24) is 0 Å². The molecule has 0 aromatic rings. The summed E-state index contributed by atoms with van der Waals surface area (Å²) in [6.07, 6.45) is 8.16. The van der Waals surface area contributed by atoms with Crippen molar-refractivity contribution in [2.24, 2.45) is 17.8 Å². The second-order valence-electron chi connectivity index (χ2n) is 5.23. The summed E-state index contributed by atoms with van der Waals surface area (Å²) in [6, 6.07) is 2.39. The molecule has 1 aliphatic heterocycles. The lowest BCUT2D eigenvalue weighted by atomic mass is 9.78. The van der Waals surface area contributed by atoms with Crippen molar-refractivity contribution in [2.75, 3.05) is 6.61 Å². The van der Waals surface area contributed by atoms with E-state index in [-0.39, 0.29) is 17.9 Å². The summed E-state index contributed by atoms with van der Waals surface area (Å²) >= 11 is 0. The van der Waals surface area contributed by atoms with Crippen LogP contribution < -0.4 is 0 Å². The molecule has 4 unspecified atom stereocenters. The topological polar surface area (TPSA) is 42.2 Å². The van der Waals surface area contributed by atoms with Gasteiger partial charge < -0.3 is 9.47 Å². The van der Waals surface area contributed by atoms with Gasteiger partial charge in [-0.1, -0.05) is 31.2 Å². The molecule has 0 amide bonds. The van der Waals surface area contributed by atoms with Crippen LogP contribution in [0.15, 0.2) is 24.3 Å². The summed E-state index contributed by atoms with van der Waals surface area (Å²) in [4.78, 5) is 0. The molecule has 2 rings (SSSR count). The van der Waals surface area contributed by atoms with Crippen LogP contribution in [0.2, 0.25) is 0 Å². The monoisotopic (exact) mass is 233 g/mol. The van der Waals surface area contributed by atoms with Crippen LogP contribution in [0.1, 0.15) is 20.8 Å². The second kappa shape index (κ2) is 4.64. The first-order valence-electron chi connectivity index (χ1n) is 6.10. The molecule has 92 valence electrons. The molecule has 0 spiro atoms. The van der Waals surface area contributed by atoms with Gasteiger partial charge in [-0.2, -0.15) is 5.26 Å². The average molecular weight is 233 g/mol. The summed E-state index contributed by atoms with van der Waals surface area (Å²) in [5.74, 6) is -0.116. The molecule has 0 aromatic carbocycles. The highest BCUT2D eigenvalue weighted by Gasteiger charge is 2.41. The summed E-state index contributed by atoms with van der Waals surface area (Å²) in [5, 5.41) is 9.38. The normalized spacial score (nSPS) is 36.7. The highest BCUT2D eigenvalue weighted by atomic mass is 16.7. The Morgan fingerprint density at radius 1 is 1.35 bits per heavy atom. The van der Waals surface area contributed by atoms with Gasteiger partial charge in [0.15, 0.2) is 5.79 Å². The molecule has 3 nitrogen and oxygen atoms in total. The van der Waals surface area contributed by atoms with Gasteiger partial charge in [-0.3, -0.25) is 0 Å². The zero-order valence-electron chi connectivity index (χ0n) is 10.6. The van der Waals surface area contributed by atoms with E-state index in [1.165, 1.54) is 0 Å². The maximum atomic E-state index is 9.38. The number of hydrogen-bond acceptors (Lipinski definition) is 3. The SMILES string of the molecule is CC1C=CC=CC1C(C#N)C1COC(C)(C)O1. The van der Waals surface area contributed by atoms with Crippen LogP contribution >= 0.6 is 0 Å². The van der Waals surface area contributed by atoms with Gasteiger partial charge in [0.25, 0.3) is 0 Å². The molecule has 1 heterocycles. The van der Waals surface area contributed by atoms with Crippen LogP contribution in [-0.4, -0.2) is 18.5 Å². The van der Waals surface area contributed by atoms with E-state index in [4.69, 9.17) is 9.47 Å². The molecule has 1 fully saturated rings. The zero-order valence-corrected chi connectivity index (χ0v) is 10.6. The Bertz CT molecular complexity index is 378. The fourth-order valence-electron chi connectivity index (χ4n) is 2.49. The molecule has 1 saturated heterocycles. The Labute approximate surface area is 103 Å². The van der Waals surface area contributed by atoms with Crippen molar-refractivity contribution >= 4 is 0 Å². The van der Waals surface area contributed by atoms with Crippen molar-refractivity contribution in [1.29, 1.82) is 5.26 Å². The number of ether oxygens (including phenoxy) is 2. The van der Waals surface area contributed by atoms with E-state index >= 15 is 0 Å². The number of hydrogen-bond donors (Lipinski definition) is 0. The van der Waals surface area contributed by atoms with E-state index in [9.17, 15) is 5.26 Å². The van der Waals surface area contributed by atoms with E-state index in [1.807, 2.05) is 26.0 Å². The van der Waals surface area contributed by atoms with Crippen molar-refractivity contribution in [3.8, 4) is 6.07 Å². The van der Waals surface area contributed by atoms with Crippen molar-refractivity contribution < 1.29 is 9.47 Å². The lowest BCUT2D eigenvalue weighted by Crippen LogP contribution is -2.33. The van der Waals surface area contributed by atoms with Crippen LogP contribution in [-0.2, 0) is 9.47 Å². The molecule has 3 heteroatoms. The van der Waals surface area contributed by atoms with Gasteiger partial charge in [0, 0.05) is 5.92 Å². The van der Waals surface area contributed by atoms with Gasteiger partial charge in [-0.25, -0.2) is 0 Å². The van der Waals surface area contributed by atoms with E-state index in [2.05, 4.69) is 25.1 Å². The lowest BCUT2D eigenvalue weighted by molar-refractivity contribution is -0.143. The van der Waals surface area contributed by atoms with Gasteiger partial charge in [0.2, 0.25) is 0 Å². The van der Waals surface area contributed by atoms with Gasteiger partial charge in [0.05, 0.1) is 18.6 Å². The number of nitriles is 1. The van der Waals surface area contributed by atoms with Crippen LogP contribution in [0.25, 0.3) is 0 Å². The molecule has 1 aliphatic carbocycles. The molecule has 17 heavy (non-hydrogen) atoms. The van der Waals surface area contributed by atoms with Gasteiger partial charge in [-0.05, 0) is 19.8 Å². The van der Waals surface area contributed by atoms with Gasteiger partial charge in [-0.15, -0.1) is 0 Å². The van der Waals surface area contributed by atoms with Crippen molar-refractivity contribution in [3.05, 3.63) is 24.3 Å². The summed E-state index contributed by atoms with van der Waals surface area (Å²) < 4.78 is 11.3. The van der Waals surface area contributed by atoms with E-state index < -0.39 is 5.79 Å². The quantitative estimate of drug-likeness (QED) is 0.736. The number of nitrogens with zero attached hydrogens (tertiary/aromatic N) is 1. The maximum absolute atomic E-state index is 9.38. The summed E-state index contributed by atoms with van der Waals surface area (Å²) in [7, 11) is 0. The van der Waals surface area contributed by atoms with E-state index in [0.29, 0.717) is 12.5 Å². The van der Waals surface area contributed by atoms with Crippen molar-refractivity contribution in [3.63, 3.8) is 0 Å². The van der Waals surface area contributed by atoms with E-state index in [0.717, 1.165) is 0 Å². The van der Waals surface area contributed by atoms with Crippen LogP contribution in [0.4, 0.5) is 0 Å². The van der Waals surface area contributed by atoms with Gasteiger partial charge >= 0.3 is 0 Å². The molecule has 4 atom stereocenters. The molecular formula is C14H19NO2. The predicted molar refractivity (Wildman–Crippen MR) is 64.9 cm³/mol. The molecule has 0 N–H and O–H groups in total. The van der Waals surface area contributed by atoms with Crippen LogP contribution in [0, 0.1) is 29.1 Å². The van der Waals surface area contributed by atoms with E-state index in [1.54, 1.807) is 0 Å². The third-order valence-corrected chi connectivity index (χ3v) is 3.46. The smallest absolute Gasteiger partial charge is 0.163 e. The summed E-state index contributed by atoms with van der Waals surface area (Å²) in [5.41, 5.74) is 0. The largest absolute Gasteiger partial charge is 0.348 e. The number of rotatable bonds is 2. The fraction of sp³-hybridized carbons (Fsp3) is 0.643. The maximum Gasteiger partial charge on any atom is 0.163 e. The molecule has 0 bridgehead atoms. The first kappa shape index (κ1) is 12.3. The Morgan fingerprint density at radius 3 is 2.59 bits per heavy atom. The third kappa shape index (κ3) is 2.59. The minimum atomic E-state index is -0.558. The molecule has 0 aromatic heterocycles. The predicted octanol–water partition coefficient (Wildman–Crippen LogP) is 2.66. The highest BCUT2D eigenvalue weighted by Crippen LogP contribution is 2.35. The Morgan fingerprint density at radius 2 is 2.06 bits per heavy atom. The zero-order chi connectivity index (χ0) is 12.5. The Balaban J connectivity index is 2.10. The van der Waals surface area contributed by atoms with Crippen LogP contribution in [0.5, 0.6) is 0 Å². The first-order valence-corrected chi connectivity index (χ1v) is 6.10.